The number of halogens is 3. The van der Waals surface area contributed by atoms with E-state index >= 15 is 0 Å². The minimum Gasteiger partial charge on any atom is -0.496 e. The molecule has 6 nitrogen and oxygen atoms in total. The first-order valence-corrected chi connectivity index (χ1v) is 5.00. The van der Waals surface area contributed by atoms with Crippen LogP contribution in [0.15, 0.2) is 6.20 Å². The maximum absolute atomic E-state index is 12.2. The van der Waals surface area contributed by atoms with Crippen molar-refractivity contribution in [2.75, 3.05) is 7.11 Å². The van der Waals surface area contributed by atoms with E-state index in [1.165, 1.54) is 7.11 Å². The average Bonchev–Trinajstić information content (AvgIpc) is 2.28. The van der Waals surface area contributed by atoms with Crippen LogP contribution in [0.25, 0.3) is 0 Å². The van der Waals surface area contributed by atoms with Crippen LogP contribution < -0.4 is 15.2 Å². The highest BCUT2D eigenvalue weighted by Gasteiger charge is 2.34. The molecular weight excluding hydrogens is 269 g/mol. The lowest BCUT2D eigenvalue weighted by atomic mass is 10.1. The number of carboxylic acid groups (broad SMARTS) is 1. The molecule has 0 aromatic carbocycles. The normalized spacial score (nSPS) is 11.2. The Kier molecular flexibility index (Phi) is 4.54. The third kappa shape index (κ3) is 3.98. The third-order valence-electron chi connectivity index (χ3n) is 2.13. The predicted molar refractivity (Wildman–Crippen MR) is 56.7 cm³/mol. The van der Waals surface area contributed by atoms with E-state index in [1.807, 2.05) is 0 Å². The fraction of sp³-hybridized carbons (Fsp3) is 0.400. The van der Waals surface area contributed by atoms with Gasteiger partial charge in [-0.05, 0) is 0 Å². The molecule has 1 rings (SSSR count). The molecule has 0 radical (unpaired) electrons. The number of aliphatic carboxylic acids is 1. The number of pyridine rings is 1. The average molecular weight is 280 g/mol. The maximum atomic E-state index is 12.2. The Morgan fingerprint density at radius 3 is 2.58 bits per heavy atom. The maximum Gasteiger partial charge on any atom is 0.574 e. The van der Waals surface area contributed by atoms with Gasteiger partial charge in [0.1, 0.15) is 5.75 Å². The van der Waals surface area contributed by atoms with Crippen LogP contribution in [0.1, 0.15) is 11.1 Å². The summed E-state index contributed by atoms with van der Waals surface area (Å²) in [6.07, 6.45) is -4.66. The standard InChI is InChI=1S/C10H11F3N2O4/c1-18-8-5(3-14)4-15-9(19-10(11,12)13)6(8)2-7(16)17/h4H,2-3,14H2,1H3,(H,16,17). The summed E-state index contributed by atoms with van der Waals surface area (Å²) < 4.78 is 45.2. The highest BCUT2D eigenvalue weighted by molar-refractivity contribution is 5.72. The number of hydrogen-bond acceptors (Lipinski definition) is 5. The molecule has 0 aliphatic heterocycles. The molecule has 0 fully saturated rings. The zero-order valence-corrected chi connectivity index (χ0v) is 9.82. The van der Waals surface area contributed by atoms with Crippen LogP contribution in [0.5, 0.6) is 11.6 Å². The molecule has 19 heavy (non-hydrogen) atoms. The molecule has 0 unspecified atom stereocenters. The predicted octanol–water partition coefficient (Wildman–Crippen LogP) is 1.07. The van der Waals surface area contributed by atoms with Gasteiger partial charge < -0.3 is 20.3 Å². The van der Waals surface area contributed by atoms with Gasteiger partial charge in [-0.15, -0.1) is 13.2 Å². The summed E-state index contributed by atoms with van der Waals surface area (Å²) in [6.45, 7) is -0.0604. The van der Waals surface area contributed by atoms with E-state index in [9.17, 15) is 18.0 Å². The number of alkyl halides is 3. The lowest BCUT2D eigenvalue weighted by molar-refractivity contribution is -0.276. The van der Waals surface area contributed by atoms with Crippen LogP contribution >= 0.6 is 0 Å². The number of rotatable bonds is 5. The zero-order valence-electron chi connectivity index (χ0n) is 9.82. The first-order valence-electron chi connectivity index (χ1n) is 5.00. The van der Waals surface area contributed by atoms with Gasteiger partial charge in [0.05, 0.1) is 19.1 Å². The molecule has 0 amide bonds. The molecule has 0 saturated heterocycles. The summed E-state index contributed by atoms with van der Waals surface area (Å²) >= 11 is 0. The van der Waals surface area contributed by atoms with E-state index in [1.54, 1.807) is 0 Å². The van der Waals surface area contributed by atoms with E-state index in [4.69, 9.17) is 15.6 Å². The fourth-order valence-electron chi connectivity index (χ4n) is 1.47. The van der Waals surface area contributed by atoms with Crippen molar-refractivity contribution in [1.29, 1.82) is 0 Å². The van der Waals surface area contributed by atoms with Crippen LogP contribution in [0, 0.1) is 0 Å². The Morgan fingerprint density at radius 1 is 1.53 bits per heavy atom. The van der Waals surface area contributed by atoms with Gasteiger partial charge in [0.15, 0.2) is 0 Å². The van der Waals surface area contributed by atoms with Crippen LogP contribution in [0.4, 0.5) is 13.2 Å². The Bertz CT molecular complexity index is 477. The quantitative estimate of drug-likeness (QED) is 0.838. The number of nitrogens with zero attached hydrogens (tertiary/aromatic N) is 1. The Morgan fingerprint density at radius 2 is 2.16 bits per heavy atom. The number of ether oxygens (including phenoxy) is 2. The summed E-state index contributed by atoms with van der Waals surface area (Å²) in [6, 6.07) is 0. The molecule has 0 atom stereocenters. The number of carboxylic acids is 1. The van der Waals surface area contributed by atoms with Crippen LogP contribution in [0.2, 0.25) is 0 Å². The molecule has 0 aliphatic rings. The Balaban J connectivity index is 3.33. The van der Waals surface area contributed by atoms with Crippen LogP contribution in [0.3, 0.4) is 0 Å². The van der Waals surface area contributed by atoms with E-state index < -0.39 is 24.6 Å². The van der Waals surface area contributed by atoms with Gasteiger partial charge in [-0.25, -0.2) is 4.98 Å². The first kappa shape index (κ1) is 15.0. The Labute approximate surface area is 105 Å². The van der Waals surface area contributed by atoms with Gasteiger partial charge in [0.25, 0.3) is 0 Å². The molecule has 0 bridgehead atoms. The zero-order chi connectivity index (χ0) is 14.6. The minimum atomic E-state index is -4.98. The number of aromatic nitrogens is 1. The van der Waals surface area contributed by atoms with E-state index in [2.05, 4.69) is 9.72 Å². The van der Waals surface area contributed by atoms with Crippen molar-refractivity contribution in [2.24, 2.45) is 5.73 Å². The highest BCUT2D eigenvalue weighted by atomic mass is 19.4. The van der Waals surface area contributed by atoms with Gasteiger partial charge in [0.2, 0.25) is 5.88 Å². The van der Waals surface area contributed by atoms with Crippen LogP contribution in [-0.2, 0) is 17.8 Å². The topological polar surface area (TPSA) is 94.7 Å². The highest BCUT2D eigenvalue weighted by Crippen LogP contribution is 2.33. The largest absolute Gasteiger partial charge is 0.574 e. The smallest absolute Gasteiger partial charge is 0.496 e. The number of carbonyl (C=O) groups is 1. The summed E-state index contributed by atoms with van der Waals surface area (Å²) in [4.78, 5) is 14.1. The molecule has 1 aromatic heterocycles. The second-order valence-corrected chi connectivity index (χ2v) is 3.42. The van der Waals surface area contributed by atoms with Gasteiger partial charge >= 0.3 is 12.3 Å². The SMILES string of the molecule is COc1c(CN)cnc(OC(F)(F)F)c1CC(=O)O. The van der Waals surface area contributed by atoms with Crippen molar-refractivity contribution in [1.82, 2.24) is 4.98 Å². The summed E-state index contributed by atoms with van der Waals surface area (Å²) in [7, 11) is 1.19. The second kappa shape index (κ2) is 5.74. The monoisotopic (exact) mass is 280 g/mol. The van der Waals surface area contributed by atoms with Crippen molar-refractivity contribution >= 4 is 5.97 Å². The molecule has 1 aromatic rings. The van der Waals surface area contributed by atoms with Crippen molar-refractivity contribution in [3.63, 3.8) is 0 Å². The molecule has 9 heteroatoms. The second-order valence-electron chi connectivity index (χ2n) is 3.42. The molecule has 0 spiro atoms. The Hall–Kier alpha value is -2.03. The molecule has 1 heterocycles. The van der Waals surface area contributed by atoms with E-state index in [-0.39, 0.29) is 23.4 Å². The van der Waals surface area contributed by atoms with Gasteiger partial charge in [-0.1, -0.05) is 0 Å². The number of methoxy groups -OCH3 is 1. The summed E-state index contributed by atoms with van der Waals surface area (Å²) in [5, 5.41) is 8.72. The molecule has 3 N–H and O–H groups in total. The van der Waals surface area contributed by atoms with Crippen LogP contribution in [-0.4, -0.2) is 29.5 Å². The van der Waals surface area contributed by atoms with Gasteiger partial charge in [0, 0.05) is 18.3 Å². The third-order valence-corrected chi connectivity index (χ3v) is 2.13. The van der Waals surface area contributed by atoms with E-state index in [0.717, 1.165) is 6.20 Å². The lowest BCUT2D eigenvalue weighted by Gasteiger charge is -2.16. The molecule has 0 aliphatic carbocycles. The summed E-state index contributed by atoms with van der Waals surface area (Å²) in [5.41, 5.74) is 5.35. The van der Waals surface area contributed by atoms with Crippen molar-refractivity contribution in [3.05, 3.63) is 17.3 Å². The fourth-order valence-corrected chi connectivity index (χ4v) is 1.47. The lowest BCUT2D eigenvalue weighted by Crippen LogP contribution is -2.20. The first-order chi connectivity index (χ1) is 8.78. The van der Waals surface area contributed by atoms with Crippen molar-refractivity contribution in [3.8, 4) is 11.6 Å². The summed E-state index contributed by atoms with van der Waals surface area (Å²) in [5.74, 6) is -2.27. The van der Waals surface area contributed by atoms with Gasteiger partial charge in [-0.2, -0.15) is 0 Å². The molecule has 106 valence electrons. The minimum absolute atomic E-state index is 0.0604. The number of nitrogens with two attached hydrogens (primary N) is 1. The van der Waals surface area contributed by atoms with Gasteiger partial charge in [-0.3, -0.25) is 4.79 Å². The van der Waals surface area contributed by atoms with Crippen molar-refractivity contribution < 1.29 is 32.5 Å². The van der Waals surface area contributed by atoms with Crippen molar-refractivity contribution in [2.45, 2.75) is 19.3 Å². The molecular formula is C10H11F3N2O4. The molecule has 0 saturated carbocycles. The van der Waals surface area contributed by atoms with E-state index in [0.29, 0.717) is 0 Å². The number of hydrogen-bond donors (Lipinski definition) is 2.